The van der Waals surface area contributed by atoms with Crippen LogP contribution in [0.5, 0.6) is 0 Å². The lowest BCUT2D eigenvalue weighted by atomic mass is 10.2. The minimum atomic E-state index is -4.76. The molecule has 1 saturated heterocycles. The van der Waals surface area contributed by atoms with Gasteiger partial charge in [-0.3, -0.25) is 9.69 Å². The number of nitrogens with zero attached hydrogens (tertiary/aromatic N) is 2. The Balaban J connectivity index is 2.17. The molecule has 2 rings (SSSR count). The minimum absolute atomic E-state index is 0.00787. The molecule has 0 spiro atoms. The summed E-state index contributed by atoms with van der Waals surface area (Å²) in [5.74, 6) is -0.411. The van der Waals surface area contributed by atoms with E-state index in [4.69, 9.17) is 4.74 Å². The molecule has 0 atom stereocenters. The van der Waals surface area contributed by atoms with Gasteiger partial charge in [0.15, 0.2) is 0 Å². The van der Waals surface area contributed by atoms with Crippen molar-refractivity contribution in [2.45, 2.75) is 24.4 Å². The van der Waals surface area contributed by atoms with Crippen molar-refractivity contribution < 1.29 is 31.1 Å². The first-order valence-corrected chi connectivity index (χ1v) is 9.64. The van der Waals surface area contributed by atoms with Crippen LogP contribution in [0.1, 0.15) is 18.9 Å². The van der Waals surface area contributed by atoms with Gasteiger partial charge in [-0.25, -0.2) is 8.42 Å². The van der Waals surface area contributed by atoms with Crippen LogP contribution in [0.3, 0.4) is 0 Å². The quantitative estimate of drug-likeness (QED) is 0.715. The van der Waals surface area contributed by atoms with Crippen LogP contribution >= 0.6 is 0 Å². The highest BCUT2D eigenvalue weighted by Gasteiger charge is 2.39. The van der Waals surface area contributed by atoms with Crippen LogP contribution < -0.4 is 0 Å². The van der Waals surface area contributed by atoms with E-state index in [2.05, 4.69) is 0 Å². The van der Waals surface area contributed by atoms with Crippen molar-refractivity contribution in [3.8, 4) is 0 Å². The summed E-state index contributed by atoms with van der Waals surface area (Å²) < 4.78 is 70.9. The monoisotopic (exact) mass is 394 g/mol. The first-order chi connectivity index (χ1) is 12.2. The van der Waals surface area contributed by atoms with Crippen molar-refractivity contribution in [2.75, 3.05) is 39.3 Å². The number of rotatable bonds is 5. The van der Waals surface area contributed by atoms with Crippen LogP contribution in [-0.2, 0) is 25.7 Å². The fraction of sp³-hybridized carbons (Fsp3) is 0.562. The standard InChI is InChI=1S/C16H21F3N2O4S/c1-2-25-15(22)12-20-8-5-9-21(11-10-20)26(23,24)14-7-4-3-6-13(14)16(17,18)19/h3-4,6-7H,2,5,8-12H2,1H3. The number of alkyl halides is 3. The van der Waals surface area contributed by atoms with Crippen LogP contribution in [0.2, 0.25) is 0 Å². The maximum atomic E-state index is 13.2. The summed E-state index contributed by atoms with van der Waals surface area (Å²) in [4.78, 5) is 12.6. The van der Waals surface area contributed by atoms with Gasteiger partial charge in [0.1, 0.15) is 0 Å². The van der Waals surface area contributed by atoms with Gasteiger partial charge in [-0.15, -0.1) is 0 Å². The summed E-state index contributed by atoms with van der Waals surface area (Å²) in [7, 11) is -4.29. The molecule has 26 heavy (non-hydrogen) atoms. The highest BCUT2D eigenvalue weighted by atomic mass is 32.2. The average Bonchev–Trinajstić information content (AvgIpc) is 2.80. The predicted molar refractivity (Wildman–Crippen MR) is 87.9 cm³/mol. The Morgan fingerprint density at radius 2 is 1.85 bits per heavy atom. The number of sulfonamides is 1. The van der Waals surface area contributed by atoms with Crippen molar-refractivity contribution in [3.63, 3.8) is 0 Å². The zero-order valence-corrected chi connectivity index (χ0v) is 15.1. The third kappa shape index (κ3) is 4.95. The molecule has 0 bridgehead atoms. The van der Waals surface area contributed by atoms with Crippen LogP contribution in [0, 0.1) is 0 Å². The van der Waals surface area contributed by atoms with Gasteiger partial charge >= 0.3 is 12.1 Å². The number of halogens is 3. The Kier molecular flexibility index (Phi) is 6.64. The number of benzene rings is 1. The van der Waals surface area contributed by atoms with Gasteiger partial charge in [-0.1, -0.05) is 12.1 Å². The Hall–Kier alpha value is -1.65. The molecule has 0 amide bonds. The lowest BCUT2D eigenvalue weighted by Gasteiger charge is -2.23. The fourth-order valence-electron chi connectivity index (χ4n) is 2.80. The normalized spacial score (nSPS) is 17.7. The minimum Gasteiger partial charge on any atom is -0.465 e. The largest absolute Gasteiger partial charge is 0.465 e. The summed E-state index contributed by atoms with van der Waals surface area (Å²) in [6.07, 6.45) is -4.35. The molecule has 0 radical (unpaired) electrons. The Bertz CT molecular complexity index is 737. The number of ether oxygens (including phenoxy) is 1. The van der Waals surface area contributed by atoms with Crippen molar-refractivity contribution in [1.82, 2.24) is 9.21 Å². The first-order valence-electron chi connectivity index (χ1n) is 8.20. The first kappa shape index (κ1) is 20.7. The van der Waals surface area contributed by atoms with Gasteiger partial charge in [-0.05, 0) is 25.5 Å². The lowest BCUT2D eigenvalue weighted by Crippen LogP contribution is -2.37. The molecule has 0 aliphatic carbocycles. The van der Waals surface area contributed by atoms with E-state index in [0.717, 1.165) is 22.5 Å². The van der Waals surface area contributed by atoms with Gasteiger partial charge in [0.05, 0.1) is 23.6 Å². The molecule has 1 aromatic carbocycles. The van der Waals surface area contributed by atoms with Crippen molar-refractivity contribution in [2.24, 2.45) is 0 Å². The van der Waals surface area contributed by atoms with Gasteiger partial charge in [0, 0.05) is 26.2 Å². The van der Waals surface area contributed by atoms with Crippen LogP contribution in [0.4, 0.5) is 13.2 Å². The second-order valence-corrected chi connectivity index (χ2v) is 7.74. The average molecular weight is 394 g/mol. The molecule has 1 fully saturated rings. The van der Waals surface area contributed by atoms with E-state index in [1.165, 1.54) is 6.07 Å². The molecule has 0 aromatic heterocycles. The topological polar surface area (TPSA) is 66.9 Å². The number of carbonyl (C=O) groups excluding carboxylic acids is 1. The summed E-state index contributed by atoms with van der Waals surface area (Å²) in [6.45, 7) is 2.77. The number of hydrogen-bond acceptors (Lipinski definition) is 5. The molecule has 10 heteroatoms. The third-order valence-electron chi connectivity index (χ3n) is 4.02. The molecule has 0 unspecified atom stereocenters. The van der Waals surface area contributed by atoms with Crippen molar-refractivity contribution in [1.29, 1.82) is 0 Å². The van der Waals surface area contributed by atoms with Gasteiger partial charge < -0.3 is 4.74 Å². The predicted octanol–water partition coefficient (Wildman–Crippen LogP) is 1.96. The van der Waals surface area contributed by atoms with E-state index in [0.29, 0.717) is 13.0 Å². The summed E-state index contributed by atoms with van der Waals surface area (Å²) in [5, 5.41) is 0. The summed E-state index contributed by atoms with van der Waals surface area (Å²) in [6, 6.07) is 4.16. The molecule has 0 N–H and O–H groups in total. The second kappa shape index (κ2) is 8.36. The molecule has 1 aliphatic rings. The van der Waals surface area contributed by atoms with E-state index in [1.54, 1.807) is 11.8 Å². The molecule has 1 aromatic rings. The SMILES string of the molecule is CCOC(=O)CN1CCCN(S(=O)(=O)c2ccccc2C(F)(F)F)CC1. The smallest absolute Gasteiger partial charge is 0.417 e. The van der Waals surface area contributed by atoms with E-state index in [9.17, 15) is 26.4 Å². The van der Waals surface area contributed by atoms with Gasteiger partial charge in [0.25, 0.3) is 0 Å². The Labute approximate surface area is 150 Å². The zero-order chi connectivity index (χ0) is 19.4. The second-order valence-electron chi connectivity index (χ2n) is 5.83. The molecule has 0 saturated carbocycles. The number of esters is 1. The van der Waals surface area contributed by atoms with Crippen molar-refractivity contribution in [3.05, 3.63) is 29.8 Å². The van der Waals surface area contributed by atoms with Crippen LogP contribution in [-0.4, -0.2) is 62.9 Å². The van der Waals surface area contributed by atoms with Crippen LogP contribution in [0.15, 0.2) is 29.2 Å². The lowest BCUT2D eigenvalue weighted by molar-refractivity contribution is -0.144. The molecule has 1 heterocycles. The highest BCUT2D eigenvalue weighted by molar-refractivity contribution is 7.89. The maximum Gasteiger partial charge on any atom is 0.417 e. The van der Waals surface area contributed by atoms with Crippen LogP contribution in [0.25, 0.3) is 0 Å². The highest BCUT2D eigenvalue weighted by Crippen LogP contribution is 2.35. The number of carbonyl (C=O) groups is 1. The molecular weight excluding hydrogens is 373 g/mol. The van der Waals surface area contributed by atoms with Gasteiger partial charge in [-0.2, -0.15) is 17.5 Å². The summed E-state index contributed by atoms with van der Waals surface area (Å²) >= 11 is 0. The fourth-order valence-corrected chi connectivity index (χ4v) is 4.48. The van der Waals surface area contributed by atoms with Crippen molar-refractivity contribution >= 4 is 16.0 Å². The Morgan fingerprint density at radius 1 is 1.15 bits per heavy atom. The van der Waals surface area contributed by atoms with E-state index >= 15 is 0 Å². The molecule has 1 aliphatic heterocycles. The van der Waals surface area contributed by atoms with E-state index in [1.807, 2.05) is 0 Å². The zero-order valence-electron chi connectivity index (χ0n) is 14.3. The molecular formula is C16H21F3N2O4S. The van der Waals surface area contributed by atoms with E-state index in [-0.39, 0.29) is 32.8 Å². The maximum absolute atomic E-state index is 13.2. The van der Waals surface area contributed by atoms with E-state index < -0.39 is 32.6 Å². The number of hydrogen-bond donors (Lipinski definition) is 0. The van der Waals surface area contributed by atoms with Gasteiger partial charge in [0.2, 0.25) is 10.0 Å². The summed E-state index contributed by atoms with van der Waals surface area (Å²) in [5.41, 5.74) is -1.17. The third-order valence-corrected chi connectivity index (χ3v) is 5.97. The molecule has 146 valence electrons. The molecule has 6 nitrogen and oxygen atoms in total. The Morgan fingerprint density at radius 3 is 2.50 bits per heavy atom.